The van der Waals surface area contributed by atoms with Crippen LogP contribution in [0.15, 0.2) is 24.3 Å². The van der Waals surface area contributed by atoms with Gasteiger partial charge in [0.15, 0.2) is 0 Å². The summed E-state index contributed by atoms with van der Waals surface area (Å²) in [5, 5.41) is 21.3. The molecule has 3 heteroatoms. The Balaban J connectivity index is 2.00. The highest BCUT2D eigenvalue weighted by molar-refractivity contribution is 5.39. The third-order valence-electron chi connectivity index (χ3n) is 5.55. The number of benzene rings is 1. The third-order valence-corrected chi connectivity index (χ3v) is 5.55. The normalized spacial score (nSPS) is 39.0. The minimum atomic E-state index is -0.965. The average molecular weight is 285 g/mol. The maximum absolute atomic E-state index is 11.4. The van der Waals surface area contributed by atoms with Gasteiger partial charge in [-0.05, 0) is 36.3 Å². The van der Waals surface area contributed by atoms with Crippen molar-refractivity contribution in [1.82, 2.24) is 0 Å². The summed E-state index contributed by atoms with van der Waals surface area (Å²) in [6.07, 6.45) is 3.37. The zero-order valence-electron chi connectivity index (χ0n) is 12.8. The SMILES string of the molecule is CC1CCC(C)C(O)(C2(C#N)COc3ccccc3C2)C1. The topological polar surface area (TPSA) is 53.2 Å². The maximum atomic E-state index is 11.4. The van der Waals surface area contributed by atoms with Crippen LogP contribution in [0.1, 0.15) is 38.7 Å². The van der Waals surface area contributed by atoms with E-state index in [0.29, 0.717) is 18.8 Å². The van der Waals surface area contributed by atoms with E-state index in [4.69, 9.17) is 4.74 Å². The molecule has 3 rings (SSSR count). The number of hydrogen-bond donors (Lipinski definition) is 1. The Morgan fingerprint density at radius 3 is 2.81 bits per heavy atom. The van der Waals surface area contributed by atoms with Crippen LogP contribution in [0, 0.1) is 28.6 Å². The molecule has 0 amide bonds. The molecular formula is C18H23NO2. The van der Waals surface area contributed by atoms with Crippen LogP contribution in [0.3, 0.4) is 0 Å². The fraction of sp³-hybridized carbons (Fsp3) is 0.611. The Bertz CT molecular complexity index is 579. The molecule has 0 bridgehead atoms. The van der Waals surface area contributed by atoms with Crippen molar-refractivity contribution in [3.8, 4) is 11.8 Å². The molecule has 1 saturated carbocycles. The predicted molar refractivity (Wildman–Crippen MR) is 80.8 cm³/mol. The molecule has 21 heavy (non-hydrogen) atoms. The van der Waals surface area contributed by atoms with Gasteiger partial charge in [0.05, 0.1) is 11.7 Å². The first-order chi connectivity index (χ1) is 10.0. The van der Waals surface area contributed by atoms with Crippen LogP contribution >= 0.6 is 0 Å². The van der Waals surface area contributed by atoms with Gasteiger partial charge in [-0.1, -0.05) is 38.5 Å². The van der Waals surface area contributed by atoms with Gasteiger partial charge in [-0.15, -0.1) is 0 Å². The van der Waals surface area contributed by atoms with Crippen molar-refractivity contribution in [2.24, 2.45) is 17.3 Å². The first-order valence-electron chi connectivity index (χ1n) is 7.85. The molecule has 0 aromatic heterocycles. The number of ether oxygens (including phenoxy) is 1. The molecule has 1 aliphatic carbocycles. The zero-order chi connectivity index (χ0) is 15.1. The van der Waals surface area contributed by atoms with Crippen molar-refractivity contribution in [2.75, 3.05) is 6.61 Å². The van der Waals surface area contributed by atoms with Gasteiger partial charge in [0, 0.05) is 6.42 Å². The van der Waals surface area contributed by atoms with Gasteiger partial charge in [-0.2, -0.15) is 5.26 Å². The molecule has 1 aliphatic heterocycles. The van der Waals surface area contributed by atoms with Crippen LogP contribution in [0.2, 0.25) is 0 Å². The summed E-state index contributed by atoms with van der Waals surface area (Å²) in [4.78, 5) is 0. The number of nitrogens with zero attached hydrogens (tertiary/aromatic N) is 1. The van der Waals surface area contributed by atoms with Gasteiger partial charge in [-0.25, -0.2) is 0 Å². The highest BCUT2D eigenvalue weighted by Gasteiger charge is 2.57. The van der Waals surface area contributed by atoms with E-state index in [1.165, 1.54) is 0 Å². The standard InChI is InChI=1S/C18H23NO2/c1-13-7-8-14(2)18(20,9-13)17(11-19)10-15-5-3-4-6-16(15)21-12-17/h3-6,13-14,20H,7-10,12H2,1-2H3. The van der Waals surface area contributed by atoms with E-state index >= 15 is 0 Å². The maximum Gasteiger partial charge on any atom is 0.124 e. The molecule has 2 aliphatic rings. The van der Waals surface area contributed by atoms with Gasteiger partial charge < -0.3 is 9.84 Å². The minimum Gasteiger partial charge on any atom is -0.492 e. The van der Waals surface area contributed by atoms with E-state index < -0.39 is 11.0 Å². The lowest BCUT2D eigenvalue weighted by Gasteiger charge is -2.51. The lowest BCUT2D eigenvalue weighted by Crippen LogP contribution is -2.59. The molecular weight excluding hydrogens is 262 g/mol. The minimum absolute atomic E-state index is 0.127. The summed E-state index contributed by atoms with van der Waals surface area (Å²) in [5.41, 5.74) is -0.772. The van der Waals surface area contributed by atoms with Crippen molar-refractivity contribution >= 4 is 0 Å². The van der Waals surface area contributed by atoms with Crippen LogP contribution in [0.5, 0.6) is 5.75 Å². The van der Waals surface area contributed by atoms with Crippen LogP contribution in [-0.4, -0.2) is 17.3 Å². The number of rotatable bonds is 1. The Morgan fingerprint density at radius 1 is 1.29 bits per heavy atom. The van der Waals surface area contributed by atoms with Crippen LogP contribution in [0.4, 0.5) is 0 Å². The van der Waals surface area contributed by atoms with Crippen molar-refractivity contribution in [2.45, 2.75) is 45.1 Å². The van der Waals surface area contributed by atoms with E-state index in [2.05, 4.69) is 19.9 Å². The molecule has 3 nitrogen and oxygen atoms in total. The van der Waals surface area contributed by atoms with E-state index in [0.717, 1.165) is 24.2 Å². The largest absolute Gasteiger partial charge is 0.492 e. The zero-order valence-corrected chi connectivity index (χ0v) is 12.8. The highest BCUT2D eigenvalue weighted by atomic mass is 16.5. The third kappa shape index (κ3) is 2.13. The summed E-state index contributed by atoms with van der Waals surface area (Å²) in [6, 6.07) is 10.3. The van der Waals surface area contributed by atoms with E-state index in [9.17, 15) is 10.4 Å². The number of fused-ring (bicyclic) bond motifs is 1. The second-order valence-corrected chi connectivity index (χ2v) is 6.98. The average Bonchev–Trinajstić information content (AvgIpc) is 2.50. The number of nitriles is 1. The molecule has 1 heterocycles. The van der Waals surface area contributed by atoms with Crippen LogP contribution < -0.4 is 4.74 Å². The highest BCUT2D eigenvalue weighted by Crippen LogP contribution is 2.51. The number of aliphatic hydroxyl groups is 1. The molecule has 0 saturated heterocycles. The van der Waals surface area contributed by atoms with Gasteiger partial charge in [-0.3, -0.25) is 0 Å². The molecule has 4 unspecified atom stereocenters. The molecule has 112 valence electrons. The summed E-state index contributed by atoms with van der Waals surface area (Å²) >= 11 is 0. The predicted octanol–water partition coefficient (Wildman–Crippen LogP) is 3.32. The van der Waals surface area contributed by atoms with Crippen LogP contribution in [-0.2, 0) is 6.42 Å². The van der Waals surface area contributed by atoms with E-state index in [1.54, 1.807) is 0 Å². The summed E-state index contributed by atoms with van der Waals surface area (Å²) in [5.74, 6) is 1.43. The molecule has 1 fully saturated rings. The van der Waals surface area contributed by atoms with Crippen molar-refractivity contribution < 1.29 is 9.84 Å². The van der Waals surface area contributed by atoms with Gasteiger partial charge >= 0.3 is 0 Å². The summed E-state index contributed by atoms with van der Waals surface area (Å²) in [6.45, 7) is 4.53. The molecule has 0 spiro atoms. The Kier molecular flexibility index (Phi) is 3.45. The number of hydrogen-bond acceptors (Lipinski definition) is 3. The number of para-hydroxylation sites is 1. The second kappa shape index (κ2) is 5.03. The lowest BCUT2D eigenvalue weighted by atomic mass is 9.57. The lowest BCUT2D eigenvalue weighted by molar-refractivity contribution is -0.146. The molecule has 4 atom stereocenters. The monoisotopic (exact) mass is 285 g/mol. The molecule has 0 radical (unpaired) electrons. The fourth-order valence-corrected chi connectivity index (χ4v) is 4.09. The summed E-state index contributed by atoms with van der Waals surface area (Å²) < 4.78 is 5.85. The van der Waals surface area contributed by atoms with Crippen molar-refractivity contribution in [3.05, 3.63) is 29.8 Å². The molecule has 1 aromatic rings. The van der Waals surface area contributed by atoms with E-state index in [1.807, 2.05) is 24.3 Å². The second-order valence-electron chi connectivity index (χ2n) is 6.98. The first-order valence-corrected chi connectivity index (χ1v) is 7.85. The Labute approximate surface area is 126 Å². The first kappa shape index (κ1) is 14.4. The van der Waals surface area contributed by atoms with Crippen LogP contribution in [0.25, 0.3) is 0 Å². The van der Waals surface area contributed by atoms with Gasteiger partial charge in [0.1, 0.15) is 17.8 Å². The van der Waals surface area contributed by atoms with Crippen molar-refractivity contribution in [3.63, 3.8) is 0 Å². The van der Waals surface area contributed by atoms with Crippen molar-refractivity contribution in [1.29, 1.82) is 5.26 Å². The molecule has 1 N–H and O–H groups in total. The fourth-order valence-electron chi connectivity index (χ4n) is 4.09. The van der Waals surface area contributed by atoms with Gasteiger partial charge in [0.25, 0.3) is 0 Å². The summed E-state index contributed by atoms with van der Waals surface area (Å²) in [7, 11) is 0. The van der Waals surface area contributed by atoms with E-state index in [-0.39, 0.29) is 12.5 Å². The quantitative estimate of drug-likeness (QED) is 0.861. The van der Waals surface area contributed by atoms with Gasteiger partial charge in [0.2, 0.25) is 0 Å². The smallest absolute Gasteiger partial charge is 0.124 e. The molecule has 1 aromatic carbocycles. The Morgan fingerprint density at radius 2 is 2.05 bits per heavy atom. The Hall–Kier alpha value is -1.53.